The lowest BCUT2D eigenvalue weighted by molar-refractivity contribution is 0.802. The van der Waals surface area contributed by atoms with E-state index in [2.05, 4.69) is 151 Å². The van der Waals surface area contributed by atoms with Crippen LogP contribution in [0.1, 0.15) is 22.3 Å². The van der Waals surface area contributed by atoms with Gasteiger partial charge in [-0.2, -0.15) is 0 Å². The van der Waals surface area contributed by atoms with Crippen molar-refractivity contribution in [1.29, 1.82) is 0 Å². The van der Waals surface area contributed by atoms with E-state index >= 15 is 0 Å². The summed E-state index contributed by atoms with van der Waals surface area (Å²) in [4.78, 5) is 4.59. The summed E-state index contributed by atoms with van der Waals surface area (Å²) < 4.78 is 0. The van der Waals surface area contributed by atoms with E-state index in [9.17, 15) is 0 Å². The van der Waals surface area contributed by atoms with Gasteiger partial charge in [-0.05, 0) is 95.4 Å². The minimum atomic E-state index is -0.425. The van der Waals surface area contributed by atoms with Crippen LogP contribution in [0.2, 0.25) is 0 Å². The van der Waals surface area contributed by atoms with Gasteiger partial charge in [-0.25, -0.2) is 0 Å². The monoisotopic (exact) mass is 569 g/mol. The van der Waals surface area contributed by atoms with E-state index in [0.717, 1.165) is 11.3 Å². The van der Waals surface area contributed by atoms with Crippen LogP contribution in [0.4, 0.5) is 0 Å². The fourth-order valence-corrected chi connectivity index (χ4v) is 8.37. The standard InChI is InChI=1S/C44H27N/c1-2-12-31-28(11-1)24-25-36-42-35-16-4-3-13-32(35)37(29-20-22-30(23-21-29)41-19-9-10-26-45-41)27-40(42)44(43(31)36)38-17-7-5-14-33(38)34-15-6-8-18-39(34)44/h1-27H. The molecule has 0 N–H and O–H groups in total. The number of aromatic nitrogens is 1. The van der Waals surface area contributed by atoms with Crippen LogP contribution >= 0.6 is 0 Å². The number of benzene rings is 7. The number of rotatable bonds is 2. The van der Waals surface area contributed by atoms with Crippen LogP contribution in [-0.2, 0) is 5.41 Å². The lowest BCUT2D eigenvalue weighted by Gasteiger charge is -2.32. The minimum Gasteiger partial charge on any atom is -0.256 e. The lowest BCUT2D eigenvalue weighted by Crippen LogP contribution is -2.26. The molecule has 2 aliphatic rings. The van der Waals surface area contributed by atoms with Crippen LogP contribution in [0.5, 0.6) is 0 Å². The molecule has 1 nitrogen and oxygen atoms in total. The van der Waals surface area contributed by atoms with Gasteiger partial charge in [0.2, 0.25) is 0 Å². The van der Waals surface area contributed by atoms with Gasteiger partial charge in [-0.3, -0.25) is 4.98 Å². The highest BCUT2D eigenvalue weighted by atomic mass is 14.7. The van der Waals surface area contributed by atoms with Gasteiger partial charge < -0.3 is 0 Å². The van der Waals surface area contributed by atoms with Gasteiger partial charge in [-0.1, -0.05) is 140 Å². The maximum Gasteiger partial charge on any atom is 0.0731 e. The molecule has 0 unspecified atom stereocenters. The normalized spacial score (nSPS) is 13.5. The van der Waals surface area contributed by atoms with Gasteiger partial charge in [0.25, 0.3) is 0 Å². The number of fused-ring (bicyclic) bond motifs is 14. The Morgan fingerprint density at radius 2 is 1.02 bits per heavy atom. The van der Waals surface area contributed by atoms with Crippen LogP contribution in [0.15, 0.2) is 164 Å². The molecule has 8 aromatic rings. The quantitative estimate of drug-likeness (QED) is 0.202. The molecule has 1 spiro atoms. The van der Waals surface area contributed by atoms with Crippen molar-refractivity contribution in [2.45, 2.75) is 5.41 Å². The Morgan fingerprint density at radius 3 is 1.76 bits per heavy atom. The first-order chi connectivity index (χ1) is 22.3. The van der Waals surface area contributed by atoms with Gasteiger partial charge in [0.15, 0.2) is 0 Å². The molecule has 10 rings (SSSR count). The van der Waals surface area contributed by atoms with E-state index in [-0.39, 0.29) is 0 Å². The van der Waals surface area contributed by atoms with Crippen LogP contribution in [-0.4, -0.2) is 4.98 Å². The number of hydrogen-bond acceptors (Lipinski definition) is 1. The third kappa shape index (κ3) is 3.20. The van der Waals surface area contributed by atoms with Gasteiger partial charge in [0.05, 0.1) is 11.1 Å². The zero-order valence-corrected chi connectivity index (χ0v) is 24.5. The van der Waals surface area contributed by atoms with E-state index in [0.29, 0.717) is 0 Å². The number of hydrogen-bond donors (Lipinski definition) is 0. The summed E-state index contributed by atoms with van der Waals surface area (Å²) in [6.45, 7) is 0. The van der Waals surface area contributed by atoms with Crippen molar-refractivity contribution < 1.29 is 0 Å². The fourth-order valence-electron chi connectivity index (χ4n) is 8.37. The molecule has 0 saturated heterocycles. The molecule has 0 fully saturated rings. The molecule has 0 aliphatic heterocycles. The summed E-state index contributed by atoms with van der Waals surface area (Å²) in [6, 6.07) is 58.3. The molecule has 0 atom stereocenters. The van der Waals surface area contributed by atoms with E-state index in [1.165, 1.54) is 77.2 Å². The van der Waals surface area contributed by atoms with Crippen molar-refractivity contribution in [3.05, 3.63) is 186 Å². The Bertz CT molecular complexity index is 2420. The molecule has 1 heteroatoms. The van der Waals surface area contributed by atoms with Crippen LogP contribution in [0.25, 0.3) is 66.2 Å². The first-order valence-electron chi connectivity index (χ1n) is 15.6. The van der Waals surface area contributed by atoms with Gasteiger partial charge >= 0.3 is 0 Å². The predicted molar refractivity (Wildman–Crippen MR) is 186 cm³/mol. The SMILES string of the molecule is c1ccc(-c2ccc(-c3cc4c(c5ccccc35)-c3ccc5ccccc5c3C43c4ccccc4-c4ccccc43)cc2)nc1. The Hall–Kier alpha value is -5.79. The minimum absolute atomic E-state index is 0.425. The Kier molecular flexibility index (Phi) is 4.99. The summed E-state index contributed by atoms with van der Waals surface area (Å²) in [5, 5.41) is 5.18. The number of pyridine rings is 1. The smallest absolute Gasteiger partial charge is 0.0731 e. The second kappa shape index (κ2) is 9.11. The third-order valence-electron chi connectivity index (χ3n) is 10.1. The second-order valence-electron chi connectivity index (χ2n) is 12.2. The summed E-state index contributed by atoms with van der Waals surface area (Å²) in [5.41, 5.74) is 15.0. The Morgan fingerprint density at radius 1 is 0.400 bits per heavy atom. The first kappa shape index (κ1) is 24.6. The van der Waals surface area contributed by atoms with Crippen LogP contribution in [0.3, 0.4) is 0 Å². The maximum absolute atomic E-state index is 4.59. The molecule has 2 aliphatic carbocycles. The van der Waals surface area contributed by atoms with Gasteiger partial charge in [0, 0.05) is 11.8 Å². The van der Waals surface area contributed by atoms with E-state index in [4.69, 9.17) is 0 Å². The van der Waals surface area contributed by atoms with E-state index in [1.807, 2.05) is 18.3 Å². The van der Waals surface area contributed by atoms with Crippen molar-refractivity contribution in [3.63, 3.8) is 0 Å². The average molecular weight is 570 g/mol. The summed E-state index contributed by atoms with van der Waals surface area (Å²) >= 11 is 0. The molecule has 0 bridgehead atoms. The summed E-state index contributed by atoms with van der Waals surface area (Å²) in [5.74, 6) is 0. The van der Waals surface area contributed by atoms with E-state index < -0.39 is 5.41 Å². The average Bonchev–Trinajstić information content (AvgIpc) is 3.59. The van der Waals surface area contributed by atoms with Crippen molar-refractivity contribution in [2.24, 2.45) is 0 Å². The lowest BCUT2D eigenvalue weighted by atomic mass is 9.69. The van der Waals surface area contributed by atoms with Crippen molar-refractivity contribution in [3.8, 4) is 44.6 Å². The van der Waals surface area contributed by atoms with Crippen molar-refractivity contribution >= 4 is 21.5 Å². The molecule has 0 radical (unpaired) electrons. The number of nitrogens with zero attached hydrogens (tertiary/aromatic N) is 1. The molecule has 7 aromatic carbocycles. The van der Waals surface area contributed by atoms with Crippen LogP contribution in [0, 0.1) is 0 Å². The van der Waals surface area contributed by atoms with Crippen LogP contribution < -0.4 is 0 Å². The molecular weight excluding hydrogens is 542 g/mol. The summed E-state index contributed by atoms with van der Waals surface area (Å²) in [7, 11) is 0. The predicted octanol–water partition coefficient (Wildman–Crippen LogP) is 11.1. The highest BCUT2D eigenvalue weighted by molar-refractivity contribution is 6.14. The largest absolute Gasteiger partial charge is 0.256 e. The fraction of sp³-hybridized carbons (Fsp3) is 0.0227. The molecular formula is C44H27N. The van der Waals surface area contributed by atoms with Gasteiger partial charge in [-0.15, -0.1) is 0 Å². The zero-order chi connectivity index (χ0) is 29.5. The van der Waals surface area contributed by atoms with Crippen molar-refractivity contribution in [2.75, 3.05) is 0 Å². The maximum atomic E-state index is 4.59. The van der Waals surface area contributed by atoms with Gasteiger partial charge in [0.1, 0.15) is 0 Å². The third-order valence-corrected chi connectivity index (χ3v) is 10.1. The zero-order valence-electron chi connectivity index (χ0n) is 24.5. The molecule has 208 valence electrons. The molecule has 0 saturated carbocycles. The Labute approximate surface area is 262 Å². The first-order valence-corrected chi connectivity index (χ1v) is 15.6. The van der Waals surface area contributed by atoms with Crippen molar-refractivity contribution in [1.82, 2.24) is 4.98 Å². The second-order valence-corrected chi connectivity index (χ2v) is 12.2. The highest BCUT2D eigenvalue weighted by Gasteiger charge is 2.53. The highest BCUT2D eigenvalue weighted by Crippen LogP contribution is 2.65. The topological polar surface area (TPSA) is 12.9 Å². The summed E-state index contributed by atoms with van der Waals surface area (Å²) in [6.07, 6.45) is 1.86. The molecule has 1 heterocycles. The molecule has 0 amide bonds. The molecule has 45 heavy (non-hydrogen) atoms. The Balaban J connectivity index is 1.35. The molecule has 1 aromatic heterocycles. The van der Waals surface area contributed by atoms with E-state index in [1.54, 1.807) is 0 Å².